The van der Waals surface area contributed by atoms with E-state index in [2.05, 4.69) is 4.90 Å². The van der Waals surface area contributed by atoms with Crippen LogP contribution in [-0.4, -0.2) is 30.5 Å². The highest BCUT2D eigenvalue weighted by atomic mass is 16.6. The minimum Gasteiger partial charge on any atom is -0.309 e. The van der Waals surface area contributed by atoms with Gasteiger partial charge in [0.25, 0.3) is 5.69 Å². The fourth-order valence-corrected chi connectivity index (χ4v) is 2.30. The predicted octanol–water partition coefficient (Wildman–Crippen LogP) is 3.24. The number of hydrogen-bond acceptors (Lipinski definition) is 3. The van der Waals surface area contributed by atoms with Gasteiger partial charge in [0.15, 0.2) is 0 Å². The van der Waals surface area contributed by atoms with Crippen LogP contribution >= 0.6 is 0 Å². The number of rotatable bonds is 5. The van der Waals surface area contributed by atoms with E-state index in [0.717, 1.165) is 35.7 Å². The molecule has 2 aromatic rings. The molecule has 19 heavy (non-hydrogen) atoms. The number of aryl methyl sites for hydroxylation is 1. The molecule has 0 aromatic heterocycles. The molecule has 4 nitrogen and oxygen atoms in total. The van der Waals surface area contributed by atoms with Crippen molar-refractivity contribution in [1.29, 1.82) is 0 Å². The summed E-state index contributed by atoms with van der Waals surface area (Å²) in [5.41, 5.74) is 1.09. The summed E-state index contributed by atoms with van der Waals surface area (Å²) in [4.78, 5) is 13.2. The zero-order valence-corrected chi connectivity index (χ0v) is 11.3. The lowest BCUT2D eigenvalue weighted by Gasteiger charge is -2.10. The van der Waals surface area contributed by atoms with Crippen LogP contribution in [0.1, 0.15) is 12.0 Å². The molecule has 0 atom stereocenters. The molecule has 0 fully saturated rings. The number of hydrogen-bond donors (Lipinski definition) is 0. The van der Waals surface area contributed by atoms with Gasteiger partial charge in [0.1, 0.15) is 0 Å². The second-order valence-corrected chi connectivity index (χ2v) is 4.96. The fraction of sp³-hybridized carbons (Fsp3) is 0.333. The molecule has 0 heterocycles. The largest absolute Gasteiger partial charge is 0.309 e. The Labute approximate surface area is 112 Å². The highest BCUT2D eigenvalue weighted by molar-refractivity contribution is 5.92. The molecule has 0 saturated heterocycles. The molecule has 0 amide bonds. The van der Waals surface area contributed by atoms with Gasteiger partial charge in [-0.1, -0.05) is 30.3 Å². The van der Waals surface area contributed by atoms with E-state index < -0.39 is 0 Å². The van der Waals surface area contributed by atoms with Crippen molar-refractivity contribution in [2.75, 3.05) is 20.6 Å². The molecule has 0 aliphatic heterocycles. The van der Waals surface area contributed by atoms with Crippen molar-refractivity contribution in [2.24, 2.45) is 0 Å². The minimum atomic E-state index is -0.257. The summed E-state index contributed by atoms with van der Waals surface area (Å²) in [6.07, 6.45) is 1.66. The molecule has 0 bridgehead atoms. The van der Waals surface area contributed by atoms with E-state index in [9.17, 15) is 10.1 Å². The highest BCUT2D eigenvalue weighted by Gasteiger charge is 2.17. The van der Waals surface area contributed by atoms with Gasteiger partial charge in [-0.25, -0.2) is 0 Å². The number of fused-ring (bicyclic) bond motifs is 1. The predicted molar refractivity (Wildman–Crippen MR) is 77.5 cm³/mol. The molecule has 0 aliphatic carbocycles. The third-order valence-electron chi connectivity index (χ3n) is 3.22. The second-order valence-electron chi connectivity index (χ2n) is 4.96. The molecule has 0 radical (unpaired) electrons. The van der Waals surface area contributed by atoms with Crippen LogP contribution in [0.25, 0.3) is 10.8 Å². The third-order valence-corrected chi connectivity index (χ3v) is 3.22. The van der Waals surface area contributed by atoms with Gasteiger partial charge < -0.3 is 4.90 Å². The van der Waals surface area contributed by atoms with Crippen molar-refractivity contribution in [3.63, 3.8) is 0 Å². The Balaban J connectivity index is 2.37. The molecule has 0 N–H and O–H groups in total. The normalized spacial score (nSPS) is 11.1. The molecule has 4 heteroatoms. The number of nitro groups is 1. The molecule has 2 aromatic carbocycles. The average Bonchev–Trinajstić information content (AvgIpc) is 2.37. The average molecular weight is 258 g/mol. The van der Waals surface area contributed by atoms with Gasteiger partial charge in [0.05, 0.1) is 10.3 Å². The van der Waals surface area contributed by atoms with E-state index in [0.29, 0.717) is 0 Å². The summed E-state index contributed by atoms with van der Waals surface area (Å²) >= 11 is 0. The van der Waals surface area contributed by atoms with Crippen LogP contribution in [0.3, 0.4) is 0 Å². The molecule has 100 valence electrons. The zero-order chi connectivity index (χ0) is 13.8. The van der Waals surface area contributed by atoms with Gasteiger partial charge in [-0.2, -0.15) is 0 Å². The molecule has 0 saturated carbocycles. The summed E-state index contributed by atoms with van der Waals surface area (Å²) in [5, 5.41) is 13.0. The van der Waals surface area contributed by atoms with Gasteiger partial charge in [-0.05, 0) is 44.9 Å². The monoisotopic (exact) mass is 258 g/mol. The maximum atomic E-state index is 11.3. The Morgan fingerprint density at radius 3 is 2.58 bits per heavy atom. The van der Waals surface area contributed by atoms with Crippen molar-refractivity contribution >= 4 is 16.5 Å². The van der Waals surface area contributed by atoms with E-state index in [1.54, 1.807) is 0 Å². The lowest BCUT2D eigenvalue weighted by atomic mass is 10.0. The molecule has 2 rings (SSSR count). The van der Waals surface area contributed by atoms with E-state index in [1.807, 2.05) is 50.5 Å². The van der Waals surface area contributed by atoms with Gasteiger partial charge in [-0.15, -0.1) is 0 Å². The number of benzene rings is 2. The van der Waals surface area contributed by atoms with Crippen molar-refractivity contribution in [1.82, 2.24) is 4.90 Å². The van der Waals surface area contributed by atoms with Crippen LogP contribution in [0.15, 0.2) is 36.4 Å². The lowest BCUT2D eigenvalue weighted by Crippen LogP contribution is -2.13. The Hall–Kier alpha value is -1.94. The second kappa shape index (κ2) is 5.80. The fourth-order valence-electron chi connectivity index (χ4n) is 2.30. The molecule has 0 aliphatic rings. The van der Waals surface area contributed by atoms with Crippen molar-refractivity contribution in [3.05, 3.63) is 52.1 Å². The first-order chi connectivity index (χ1) is 9.09. The number of nitrogens with zero attached hydrogens (tertiary/aromatic N) is 2. The first kappa shape index (κ1) is 13.5. The Kier molecular flexibility index (Phi) is 4.12. The maximum absolute atomic E-state index is 11.3. The van der Waals surface area contributed by atoms with E-state index in [4.69, 9.17) is 0 Å². The van der Waals surface area contributed by atoms with Gasteiger partial charge in [0, 0.05) is 5.56 Å². The first-order valence-electron chi connectivity index (χ1n) is 6.39. The van der Waals surface area contributed by atoms with Gasteiger partial charge in [-0.3, -0.25) is 10.1 Å². The quantitative estimate of drug-likeness (QED) is 0.611. The molecular weight excluding hydrogens is 240 g/mol. The van der Waals surface area contributed by atoms with Gasteiger partial charge >= 0.3 is 0 Å². The Morgan fingerprint density at radius 2 is 1.89 bits per heavy atom. The van der Waals surface area contributed by atoms with Crippen LogP contribution < -0.4 is 0 Å². The van der Waals surface area contributed by atoms with Crippen LogP contribution in [0.4, 0.5) is 5.69 Å². The highest BCUT2D eigenvalue weighted by Crippen LogP contribution is 2.30. The summed E-state index contributed by atoms with van der Waals surface area (Å²) in [6.45, 7) is 0.935. The van der Waals surface area contributed by atoms with E-state index in [1.165, 1.54) is 0 Å². The van der Waals surface area contributed by atoms with Crippen LogP contribution in [0, 0.1) is 10.1 Å². The summed E-state index contributed by atoms with van der Waals surface area (Å²) in [5.74, 6) is 0. The van der Waals surface area contributed by atoms with Gasteiger partial charge in [0.2, 0.25) is 0 Å². The standard InChI is InChI=1S/C15H18N2O2/c1-16(2)11-5-7-13-10-9-12-6-3-4-8-14(12)15(13)17(18)19/h3-4,6,8-10H,5,7,11H2,1-2H3. The van der Waals surface area contributed by atoms with Crippen molar-refractivity contribution < 1.29 is 4.92 Å². The summed E-state index contributed by atoms with van der Waals surface area (Å²) in [6, 6.07) is 11.3. The lowest BCUT2D eigenvalue weighted by molar-refractivity contribution is -0.383. The van der Waals surface area contributed by atoms with E-state index in [-0.39, 0.29) is 10.6 Å². The molecular formula is C15H18N2O2. The Bertz CT molecular complexity index is 594. The Morgan fingerprint density at radius 1 is 1.16 bits per heavy atom. The van der Waals surface area contributed by atoms with Crippen molar-refractivity contribution in [2.45, 2.75) is 12.8 Å². The zero-order valence-electron chi connectivity index (χ0n) is 11.3. The molecule has 0 spiro atoms. The number of nitro benzene ring substituents is 1. The first-order valence-corrected chi connectivity index (χ1v) is 6.39. The maximum Gasteiger partial charge on any atom is 0.280 e. The summed E-state index contributed by atoms with van der Waals surface area (Å²) in [7, 11) is 4.02. The smallest absolute Gasteiger partial charge is 0.280 e. The SMILES string of the molecule is CN(C)CCCc1ccc2ccccc2c1[N+](=O)[O-]. The van der Waals surface area contributed by atoms with Crippen LogP contribution in [0.5, 0.6) is 0 Å². The van der Waals surface area contributed by atoms with Crippen molar-refractivity contribution in [3.8, 4) is 0 Å². The summed E-state index contributed by atoms with van der Waals surface area (Å²) < 4.78 is 0. The topological polar surface area (TPSA) is 46.4 Å². The minimum absolute atomic E-state index is 0.257. The van der Waals surface area contributed by atoms with E-state index >= 15 is 0 Å². The van der Waals surface area contributed by atoms with Crippen LogP contribution in [-0.2, 0) is 6.42 Å². The third kappa shape index (κ3) is 3.09. The molecule has 0 unspecified atom stereocenters. The van der Waals surface area contributed by atoms with Crippen LogP contribution in [0.2, 0.25) is 0 Å².